The Hall–Kier alpha value is -1.71. The van der Waals surface area contributed by atoms with Crippen LogP contribution in [0.3, 0.4) is 0 Å². The highest BCUT2D eigenvalue weighted by molar-refractivity contribution is 5.67. The van der Waals surface area contributed by atoms with E-state index in [9.17, 15) is 4.79 Å². The van der Waals surface area contributed by atoms with Crippen LogP contribution in [0.25, 0.3) is 0 Å². The quantitative estimate of drug-likeness (QED) is 0.878. The zero-order valence-electron chi connectivity index (χ0n) is 15.1. The molecule has 1 aromatic carbocycles. The fraction of sp³-hybridized carbons (Fsp3) is 0.632. The third-order valence-electron chi connectivity index (χ3n) is 4.12. The number of nitrogens with one attached hydrogen (secondary N) is 1. The molecule has 2 unspecified atom stereocenters. The topological polar surface area (TPSA) is 41.6 Å². The van der Waals surface area contributed by atoms with Crippen molar-refractivity contribution in [1.82, 2.24) is 4.90 Å². The molecule has 128 valence electrons. The highest BCUT2D eigenvalue weighted by atomic mass is 16.6. The number of anilines is 1. The molecule has 0 spiro atoms. The Kier molecular flexibility index (Phi) is 5.55. The van der Waals surface area contributed by atoms with Crippen molar-refractivity contribution in [2.45, 2.75) is 65.1 Å². The van der Waals surface area contributed by atoms with Gasteiger partial charge in [0, 0.05) is 25.3 Å². The van der Waals surface area contributed by atoms with Crippen molar-refractivity contribution >= 4 is 11.8 Å². The van der Waals surface area contributed by atoms with Crippen LogP contribution in [-0.4, -0.2) is 29.7 Å². The number of carbonyl (C=O) groups is 1. The summed E-state index contributed by atoms with van der Waals surface area (Å²) >= 11 is 0. The van der Waals surface area contributed by atoms with Gasteiger partial charge in [-0.3, -0.25) is 0 Å². The predicted octanol–water partition coefficient (Wildman–Crippen LogP) is 4.65. The molecular weight excluding hydrogens is 288 g/mol. The van der Waals surface area contributed by atoms with Crippen LogP contribution >= 0.6 is 0 Å². The van der Waals surface area contributed by atoms with Gasteiger partial charge in [0.05, 0.1) is 0 Å². The lowest BCUT2D eigenvalue weighted by molar-refractivity contribution is 0.0285. The Morgan fingerprint density at radius 1 is 1.35 bits per heavy atom. The van der Waals surface area contributed by atoms with Crippen molar-refractivity contribution in [3.8, 4) is 0 Å². The van der Waals surface area contributed by atoms with Crippen LogP contribution in [0, 0.1) is 5.92 Å². The Morgan fingerprint density at radius 2 is 2.09 bits per heavy atom. The number of amides is 1. The van der Waals surface area contributed by atoms with E-state index in [0.717, 1.165) is 17.2 Å². The van der Waals surface area contributed by atoms with Crippen LogP contribution in [0.2, 0.25) is 0 Å². The molecule has 2 rings (SSSR count). The lowest BCUT2D eigenvalue weighted by Gasteiger charge is -2.25. The minimum atomic E-state index is -0.464. The zero-order valence-corrected chi connectivity index (χ0v) is 15.1. The lowest BCUT2D eigenvalue weighted by Crippen LogP contribution is -2.33. The average Bonchev–Trinajstić information content (AvgIpc) is 2.82. The van der Waals surface area contributed by atoms with Crippen molar-refractivity contribution in [2.24, 2.45) is 5.92 Å². The fourth-order valence-electron chi connectivity index (χ4n) is 3.01. The SMILES string of the molecule is CC1CCC(Nc2cccc(CN(C)C(=O)OC(C)(C)C)c2)C1. The van der Waals surface area contributed by atoms with Crippen molar-refractivity contribution in [3.63, 3.8) is 0 Å². The number of carbonyl (C=O) groups excluding carboxylic acids is 1. The summed E-state index contributed by atoms with van der Waals surface area (Å²) in [6.45, 7) is 8.50. The van der Waals surface area contributed by atoms with Crippen molar-refractivity contribution < 1.29 is 9.53 Å². The maximum atomic E-state index is 12.1. The van der Waals surface area contributed by atoms with E-state index in [2.05, 4.69) is 24.4 Å². The molecule has 0 heterocycles. The van der Waals surface area contributed by atoms with Crippen molar-refractivity contribution in [1.29, 1.82) is 0 Å². The molecule has 1 aliphatic carbocycles. The first-order valence-corrected chi connectivity index (χ1v) is 8.52. The first kappa shape index (κ1) is 17.6. The van der Waals surface area contributed by atoms with E-state index >= 15 is 0 Å². The minimum absolute atomic E-state index is 0.291. The summed E-state index contributed by atoms with van der Waals surface area (Å²) in [6.07, 6.45) is 3.49. The normalized spacial score (nSPS) is 21.1. The Morgan fingerprint density at radius 3 is 2.70 bits per heavy atom. The maximum Gasteiger partial charge on any atom is 0.410 e. The molecule has 1 amide bonds. The molecular formula is C19H30N2O2. The second-order valence-corrected chi connectivity index (χ2v) is 7.80. The highest BCUT2D eigenvalue weighted by Crippen LogP contribution is 2.27. The van der Waals surface area contributed by atoms with Gasteiger partial charge >= 0.3 is 6.09 Å². The molecule has 1 fully saturated rings. The number of rotatable bonds is 4. The standard InChI is InChI=1S/C19H30N2O2/c1-14-9-10-17(11-14)20-16-8-6-7-15(12-16)13-21(5)18(22)23-19(2,3)4/h6-8,12,14,17,20H,9-11,13H2,1-5H3. The molecule has 1 saturated carbocycles. The van der Waals surface area contributed by atoms with Gasteiger partial charge in [-0.05, 0) is 63.6 Å². The summed E-state index contributed by atoms with van der Waals surface area (Å²) in [5, 5.41) is 3.62. The molecule has 0 radical (unpaired) electrons. The van der Waals surface area contributed by atoms with Gasteiger partial charge in [0.1, 0.15) is 5.60 Å². The molecule has 1 N–H and O–H groups in total. The molecule has 4 heteroatoms. The van der Waals surface area contributed by atoms with Gasteiger partial charge in [0.25, 0.3) is 0 Å². The number of nitrogens with zero attached hydrogens (tertiary/aromatic N) is 1. The average molecular weight is 318 g/mol. The molecule has 0 aromatic heterocycles. The number of ether oxygens (including phenoxy) is 1. The molecule has 0 bridgehead atoms. The number of hydrogen-bond donors (Lipinski definition) is 1. The zero-order chi connectivity index (χ0) is 17.0. The third kappa shape index (κ3) is 5.77. The van der Waals surface area contributed by atoms with E-state index in [1.807, 2.05) is 32.9 Å². The first-order chi connectivity index (χ1) is 10.7. The fourth-order valence-corrected chi connectivity index (χ4v) is 3.01. The van der Waals surface area contributed by atoms with Crippen LogP contribution < -0.4 is 5.32 Å². The van der Waals surface area contributed by atoms with Crippen LogP contribution in [0.5, 0.6) is 0 Å². The van der Waals surface area contributed by atoms with Crippen LogP contribution in [-0.2, 0) is 11.3 Å². The third-order valence-corrected chi connectivity index (χ3v) is 4.12. The van der Waals surface area contributed by atoms with Gasteiger partial charge in [-0.25, -0.2) is 4.79 Å². The summed E-state index contributed by atoms with van der Waals surface area (Å²) in [4.78, 5) is 13.7. The minimum Gasteiger partial charge on any atom is -0.444 e. The summed E-state index contributed by atoms with van der Waals surface area (Å²) in [5.41, 5.74) is 1.78. The first-order valence-electron chi connectivity index (χ1n) is 8.52. The van der Waals surface area contributed by atoms with E-state index in [4.69, 9.17) is 4.74 Å². The lowest BCUT2D eigenvalue weighted by atomic mass is 10.1. The molecule has 0 saturated heterocycles. The van der Waals surface area contributed by atoms with Gasteiger partial charge in [-0.15, -0.1) is 0 Å². The van der Waals surface area contributed by atoms with Crippen LogP contribution in [0.15, 0.2) is 24.3 Å². The second kappa shape index (κ2) is 7.24. The Labute approximate surface area is 140 Å². The molecule has 0 aliphatic heterocycles. The van der Waals surface area contributed by atoms with E-state index in [-0.39, 0.29) is 6.09 Å². The molecule has 4 nitrogen and oxygen atoms in total. The van der Waals surface area contributed by atoms with Crippen LogP contribution in [0.4, 0.5) is 10.5 Å². The molecule has 23 heavy (non-hydrogen) atoms. The van der Waals surface area contributed by atoms with E-state index < -0.39 is 5.60 Å². The number of hydrogen-bond acceptors (Lipinski definition) is 3. The van der Waals surface area contributed by atoms with E-state index in [1.54, 1.807) is 11.9 Å². The Balaban J connectivity index is 1.93. The summed E-state index contributed by atoms with van der Waals surface area (Å²) in [7, 11) is 1.77. The van der Waals surface area contributed by atoms with Gasteiger partial charge < -0.3 is 15.0 Å². The molecule has 1 aliphatic rings. The largest absolute Gasteiger partial charge is 0.444 e. The maximum absolute atomic E-state index is 12.1. The van der Waals surface area contributed by atoms with Gasteiger partial charge in [0.15, 0.2) is 0 Å². The second-order valence-electron chi connectivity index (χ2n) is 7.80. The van der Waals surface area contributed by atoms with Gasteiger partial charge in [-0.2, -0.15) is 0 Å². The smallest absolute Gasteiger partial charge is 0.410 e. The van der Waals surface area contributed by atoms with Gasteiger partial charge in [-0.1, -0.05) is 19.1 Å². The summed E-state index contributed by atoms with van der Waals surface area (Å²) < 4.78 is 5.39. The number of benzene rings is 1. The summed E-state index contributed by atoms with van der Waals surface area (Å²) in [6, 6.07) is 8.88. The van der Waals surface area contributed by atoms with Crippen LogP contribution in [0.1, 0.15) is 52.5 Å². The highest BCUT2D eigenvalue weighted by Gasteiger charge is 2.21. The van der Waals surface area contributed by atoms with E-state index in [0.29, 0.717) is 12.6 Å². The van der Waals surface area contributed by atoms with E-state index in [1.165, 1.54) is 19.3 Å². The Bertz CT molecular complexity index is 536. The van der Waals surface area contributed by atoms with Crippen molar-refractivity contribution in [2.75, 3.05) is 12.4 Å². The summed E-state index contributed by atoms with van der Waals surface area (Å²) in [5.74, 6) is 0.814. The molecule has 2 atom stereocenters. The van der Waals surface area contributed by atoms with Crippen molar-refractivity contribution in [3.05, 3.63) is 29.8 Å². The van der Waals surface area contributed by atoms with Gasteiger partial charge in [0.2, 0.25) is 0 Å². The predicted molar refractivity (Wildman–Crippen MR) is 94.6 cm³/mol. The monoisotopic (exact) mass is 318 g/mol. The molecule has 1 aromatic rings.